The molecule has 3 aromatic heterocycles. The number of aromatic amines is 1. The second-order valence-electron chi connectivity index (χ2n) is 7.26. The third kappa shape index (κ3) is 3.94. The maximum absolute atomic E-state index is 12.8. The number of H-pyrrole nitrogens is 1. The van der Waals surface area contributed by atoms with E-state index in [0.29, 0.717) is 18.1 Å². The average Bonchev–Trinajstić information content (AvgIpc) is 3.40. The summed E-state index contributed by atoms with van der Waals surface area (Å²) in [6.45, 7) is 5.54. The lowest BCUT2D eigenvalue weighted by atomic mass is 10.0. The summed E-state index contributed by atoms with van der Waals surface area (Å²) in [6.07, 6.45) is 6.57. The van der Waals surface area contributed by atoms with Crippen molar-refractivity contribution < 1.29 is 0 Å². The van der Waals surface area contributed by atoms with Crippen LogP contribution in [-0.2, 0) is 19.5 Å². The number of benzene rings is 1. The molecule has 0 spiro atoms. The van der Waals surface area contributed by atoms with Crippen LogP contribution in [-0.4, -0.2) is 34.7 Å². The Hall–Kier alpha value is -3.55. The molecule has 0 fully saturated rings. The molecular formula is C22H25N7O. The van der Waals surface area contributed by atoms with Crippen LogP contribution in [0.5, 0.6) is 0 Å². The van der Waals surface area contributed by atoms with Crippen molar-refractivity contribution in [3.63, 3.8) is 0 Å². The van der Waals surface area contributed by atoms with Gasteiger partial charge in [-0.2, -0.15) is 5.21 Å². The smallest absolute Gasteiger partial charge is 0.299 e. The Kier molecular flexibility index (Phi) is 5.83. The number of nitrogens with one attached hydrogen (secondary N) is 1. The van der Waals surface area contributed by atoms with Crippen molar-refractivity contribution in [1.29, 1.82) is 0 Å². The van der Waals surface area contributed by atoms with Crippen molar-refractivity contribution in [3.8, 4) is 22.6 Å². The first kappa shape index (κ1) is 19.8. The standard InChI is InChI=1S/C22H25N7O/c1-3-6-18-15-28(13-4-2)22(30)29(18)14-16-8-10-17(11-9-16)19-7-5-12-23-20(19)21-24-26-27-25-21/h5,7-12,15H,3-4,6,13-14H2,1-2H3,(H,24,25,26,27). The number of tetrazole rings is 1. The van der Waals surface area contributed by atoms with Crippen molar-refractivity contribution in [3.05, 3.63) is 70.5 Å². The molecule has 0 aliphatic heterocycles. The lowest BCUT2D eigenvalue weighted by molar-refractivity contribution is 0.619. The first-order valence-corrected chi connectivity index (χ1v) is 10.3. The molecule has 154 valence electrons. The first-order chi connectivity index (χ1) is 14.7. The molecule has 0 amide bonds. The number of pyridine rings is 1. The predicted octanol–water partition coefficient (Wildman–Crippen LogP) is 3.30. The maximum atomic E-state index is 12.8. The van der Waals surface area contributed by atoms with E-state index in [1.165, 1.54) is 0 Å². The van der Waals surface area contributed by atoms with Gasteiger partial charge >= 0.3 is 5.69 Å². The fourth-order valence-electron chi connectivity index (χ4n) is 3.66. The molecule has 4 rings (SSSR count). The molecule has 8 heteroatoms. The minimum atomic E-state index is 0.0658. The molecule has 3 heterocycles. The number of nitrogens with zero attached hydrogens (tertiary/aromatic N) is 6. The van der Waals surface area contributed by atoms with Crippen LogP contribution in [0.4, 0.5) is 0 Å². The molecule has 0 aliphatic carbocycles. The highest BCUT2D eigenvalue weighted by Crippen LogP contribution is 2.28. The Bertz CT molecular complexity index is 1160. The summed E-state index contributed by atoms with van der Waals surface area (Å²) in [7, 11) is 0. The van der Waals surface area contributed by atoms with Gasteiger partial charge in [0.15, 0.2) is 0 Å². The van der Waals surface area contributed by atoms with Gasteiger partial charge in [-0.05, 0) is 35.2 Å². The van der Waals surface area contributed by atoms with Crippen LogP contribution in [0.2, 0.25) is 0 Å². The van der Waals surface area contributed by atoms with Gasteiger partial charge in [0.05, 0.1) is 6.54 Å². The molecule has 30 heavy (non-hydrogen) atoms. The molecule has 0 radical (unpaired) electrons. The van der Waals surface area contributed by atoms with E-state index < -0.39 is 0 Å². The molecule has 1 aromatic carbocycles. The largest absolute Gasteiger partial charge is 0.328 e. The molecule has 4 aromatic rings. The van der Waals surface area contributed by atoms with Gasteiger partial charge in [-0.15, -0.1) is 10.2 Å². The van der Waals surface area contributed by atoms with E-state index in [-0.39, 0.29) is 5.69 Å². The Morgan fingerprint density at radius 2 is 1.90 bits per heavy atom. The van der Waals surface area contributed by atoms with Crippen LogP contribution >= 0.6 is 0 Å². The van der Waals surface area contributed by atoms with Crippen LogP contribution in [0.25, 0.3) is 22.6 Å². The summed E-state index contributed by atoms with van der Waals surface area (Å²) in [5.41, 5.74) is 4.86. The molecular weight excluding hydrogens is 378 g/mol. The summed E-state index contributed by atoms with van der Waals surface area (Å²) in [6, 6.07) is 12.1. The lowest BCUT2D eigenvalue weighted by Crippen LogP contribution is -2.25. The van der Waals surface area contributed by atoms with Gasteiger partial charge in [-0.3, -0.25) is 14.1 Å². The highest BCUT2D eigenvalue weighted by atomic mass is 16.1. The number of aryl methyl sites for hydroxylation is 2. The summed E-state index contributed by atoms with van der Waals surface area (Å²) in [5, 5.41) is 14.2. The van der Waals surface area contributed by atoms with E-state index in [1.807, 2.05) is 39.6 Å². The summed E-state index contributed by atoms with van der Waals surface area (Å²) >= 11 is 0. The number of imidazole rings is 1. The summed E-state index contributed by atoms with van der Waals surface area (Å²) in [4.78, 5) is 17.2. The highest BCUT2D eigenvalue weighted by molar-refractivity contribution is 5.77. The fourth-order valence-corrected chi connectivity index (χ4v) is 3.66. The van der Waals surface area contributed by atoms with Crippen LogP contribution < -0.4 is 5.69 Å². The van der Waals surface area contributed by atoms with Gasteiger partial charge in [0.2, 0.25) is 5.82 Å². The van der Waals surface area contributed by atoms with Crippen molar-refractivity contribution in [1.82, 2.24) is 34.7 Å². The van der Waals surface area contributed by atoms with Gasteiger partial charge in [-0.1, -0.05) is 50.6 Å². The van der Waals surface area contributed by atoms with E-state index in [0.717, 1.165) is 48.2 Å². The monoisotopic (exact) mass is 403 g/mol. The van der Waals surface area contributed by atoms with Crippen molar-refractivity contribution in [2.75, 3.05) is 0 Å². The van der Waals surface area contributed by atoms with E-state index >= 15 is 0 Å². The Morgan fingerprint density at radius 3 is 2.60 bits per heavy atom. The van der Waals surface area contributed by atoms with Crippen LogP contribution in [0.15, 0.2) is 53.6 Å². The minimum Gasteiger partial charge on any atom is -0.299 e. The Balaban J connectivity index is 1.63. The molecule has 0 atom stereocenters. The zero-order chi connectivity index (χ0) is 20.9. The van der Waals surface area contributed by atoms with Gasteiger partial charge in [0.1, 0.15) is 5.69 Å². The maximum Gasteiger partial charge on any atom is 0.328 e. The van der Waals surface area contributed by atoms with Crippen LogP contribution in [0.3, 0.4) is 0 Å². The molecule has 0 unspecified atom stereocenters. The number of hydrogen-bond donors (Lipinski definition) is 1. The lowest BCUT2D eigenvalue weighted by Gasteiger charge is -2.09. The number of aromatic nitrogens is 7. The van der Waals surface area contributed by atoms with E-state index in [9.17, 15) is 4.79 Å². The molecule has 8 nitrogen and oxygen atoms in total. The zero-order valence-corrected chi connectivity index (χ0v) is 17.2. The predicted molar refractivity (Wildman–Crippen MR) is 115 cm³/mol. The average molecular weight is 403 g/mol. The Morgan fingerprint density at radius 1 is 1.07 bits per heavy atom. The van der Waals surface area contributed by atoms with E-state index in [1.54, 1.807) is 6.20 Å². The fraction of sp³-hybridized carbons (Fsp3) is 0.318. The summed E-state index contributed by atoms with van der Waals surface area (Å²) in [5.74, 6) is 0.461. The molecule has 0 saturated carbocycles. The number of rotatable bonds is 8. The van der Waals surface area contributed by atoms with Crippen molar-refractivity contribution in [2.45, 2.75) is 46.2 Å². The first-order valence-electron chi connectivity index (χ1n) is 10.3. The SMILES string of the molecule is CCCc1cn(CCC)c(=O)n1Cc1ccc(-c2cccnc2-c2nn[nH]n2)cc1. The third-order valence-electron chi connectivity index (χ3n) is 5.07. The molecule has 0 saturated heterocycles. The second kappa shape index (κ2) is 8.86. The van der Waals surface area contributed by atoms with E-state index in [4.69, 9.17) is 0 Å². The van der Waals surface area contributed by atoms with Crippen LogP contribution in [0.1, 0.15) is 37.9 Å². The topological polar surface area (TPSA) is 94.3 Å². The Labute approximate surface area is 174 Å². The van der Waals surface area contributed by atoms with Gasteiger partial charge < -0.3 is 0 Å². The zero-order valence-electron chi connectivity index (χ0n) is 17.2. The normalized spacial score (nSPS) is 11.1. The molecule has 0 aliphatic rings. The molecule has 0 bridgehead atoms. The number of hydrogen-bond acceptors (Lipinski definition) is 5. The van der Waals surface area contributed by atoms with Gasteiger partial charge in [0, 0.05) is 30.2 Å². The van der Waals surface area contributed by atoms with Gasteiger partial charge in [-0.25, -0.2) is 4.79 Å². The van der Waals surface area contributed by atoms with E-state index in [2.05, 4.69) is 51.6 Å². The minimum absolute atomic E-state index is 0.0658. The summed E-state index contributed by atoms with van der Waals surface area (Å²) < 4.78 is 3.72. The van der Waals surface area contributed by atoms with Crippen LogP contribution in [0, 0.1) is 0 Å². The quantitative estimate of drug-likeness (QED) is 0.487. The third-order valence-corrected chi connectivity index (χ3v) is 5.07. The molecule has 1 N–H and O–H groups in total. The second-order valence-corrected chi connectivity index (χ2v) is 7.26. The van der Waals surface area contributed by atoms with Crippen molar-refractivity contribution in [2.24, 2.45) is 0 Å². The highest BCUT2D eigenvalue weighted by Gasteiger charge is 2.14. The van der Waals surface area contributed by atoms with Gasteiger partial charge in [0.25, 0.3) is 0 Å². The van der Waals surface area contributed by atoms with Crippen molar-refractivity contribution >= 4 is 0 Å².